The first-order valence-electron chi connectivity index (χ1n) is 28.2. The Balaban J connectivity index is 1.08. The minimum absolute atomic E-state index is 0.0431. The van der Waals surface area contributed by atoms with Crippen LogP contribution in [0.1, 0.15) is 153 Å². The van der Waals surface area contributed by atoms with Crippen molar-refractivity contribution >= 4 is 58.6 Å². The van der Waals surface area contributed by atoms with Crippen molar-refractivity contribution in [3.8, 4) is 11.1 Å². The number of thioether (sulfide) groups is 1. The van der Waals surface area contributed by atoms with Crippen molar-refractivity contribution in [2.75, 3.05) is 0 Å². The molecule has 3 aliphatic rings. The largest absolute Gasteiger partial charge is 0.416 e. The van der Waals surface area contributed by atoms with Crippen molar-refractivity contribution in [1.82, 2.24) is 0 Å². The van der Waals surface area contributed by atoms with E-state index in [-0.39, 0.29) is 41.8 Å². The molecule has 12 heteroatoms. The summed E-state index contributed by atoms with van der Waals surface area (Å²) >= 11 is 4.44. The van der Waals surface area contributed by atoms with Gasteiger partial charge in [-0.1, -0.05) is 203 Å². The second-order valence-electron chi connectivity index (χ2n) is 21.5. The number of halogens is 6. The Labute approximate surface area is 496 Å². The maximum Gasteiger partial charge on any atom is 0.416 e. The highest BCUT2D eigenvalue weighted by atomic mass is 32.2. The first-order valence-corrected chi connectivity index (χ1v) is 31.5. The van der Waals surface area contributed by atoms with Gasteiger partial charge < -0.3 is 0 Å². The number of carbonyl (C=O) groups excluding carboxylic acids is 2. The van der Waals surface area contributed by atoms with Gasteiger partial charge in [-0.3, -0.25) is 9.59 Å². The van der Waals surface area contributed by atoms with Crippen molar-refractivity contribution in [3.63, 3.8) is 0 Å². The van der Waals surface area contributed by atoms with E-state index in [2.05, 4.69) is 69.3 Å². The molecule has 82 heavy (non-hydrogen) atoms. The van der Waals surface area contributed by atoms with E-state index >= 15 is 9.59 Å². The highest BCUT2D eigenvalue weighted by Gasteiger charge is 2.39. The monoisotopic (exact) mass is 1180 g/mol. The molecule has 1 saturated carbocycles. The lowest BCUT2D eigenvalue weighted by atomic mass is 9.84. The fourth-order valence-electron chi connectivity index (χ4n) is 11.0. The Bertz CT molecular complexity index is 3470. The molecule has 1 fully saturated rings. The predicted octanol–water partition coefficient (Wildman–Crippen LogP) is 22.8. The minimum Gasteiger partial charge on any atom is -0.288 e. The number of hydrogen-bond donors (Lipinski definition) is 0. The Hall–Kier alpha value is -5.92. The topological polar surface area (TPSA) is 34.1 Å². The van der Waals surface area contributed by atoms with Crippen LogP contribution in [0.15, 0.2) is 226 Å². The molecule has 0 heterocycles. The zero-order valence-electron chi connectivity index (χ0n) is 46.5. The number of hydrogen-bond acceptors (Lipinski definition) is 6. The molecule has 6 aromatic rings. The van der Waals surface area contributed by atoms with E-state index in [4.69, 9.17) is 0 Å². The van der Waals surface area contributed by atoms with E-state index in [1.54, 1.807) is 24.3 Å². The molecule has 0 aliphatic heterocycles. The molecule has 3 atom stereocenters. The molecule has 3 unspecified atom stereocenters. The lowest BCUT2D eigenvalue weighted by Gasteiger charge is -2.26. The smallest absolute Gasteiger partial charge is 0.288 e. The number of alkyl halides is 6. The molecule has 0 spiro atoms. The average molecular weight is 1180 g/mol. The van der Waals surface area contributed by atoms with Gasteiger partial charge in [0, 0.05) is 56.5 Å². The van der Waals surface area contributed by atoms with Gasteiger partial charge in [-0.25, -0.2) is 0 Å². The Kier molecular flexibility index (Phi) is 20.5. The normalized spacial score (nSPS) is 17.4. The third-order valence-corrected chi connectivity index (χ3v) is 19.4. The number of carbonyl (C=O) groups is 2. The van der Waals surface area contributed by atoms with E-state index in [1.807, 2.05) is 60.9 Å². The van der Waals surface area contributed by atoms with Crippen molar-refractivity contribution in [2.24, 2.45) is 11.8 Å². The van der Waals surface area contributed by atoms with Crippen molar-refractivity contribution in [1.29, 1.82) is 0 Å². The summed E-state index contributed by atoms with van der Waals surface area (Å²) in [6.45, 7) is 8.84. The second-order valence-corrected chi connectivity index (χ2v) is 25.8. The van der Waals surface area contributed by atoms with Crippen molar-refractivity contribution in [3.05, 3.63) is 231 Å². The molecule has 6 aromatic carbocycles. The van der Waals surface area contributed by atoms with Gasteiger partial charge in [0.1, 0.15) is 0 Å². The number of allylic oxidation sites excluding steroid dienone is 11. The van der Waals surface area contributed by atoms with Crippen LogP contribution in [-0.2, 0) is 12.4 Å². The number of benzene rings is 6. The lowest BCUT2D eigenvalue weighted by molar-refractivity contribution is -0.138. The van der Waals surface area contributed by atoms with Gasteiger partial charge in [-0.15, -0.1) is 0 Å². The molecular formula is C70H66F6O2S4. The van der Waals surface area contributed by atoms with E-state index in [0.717, 1.165) is 100 Å². The first-order chi connectivity index (χ1) is 39.5. The Morgan fingerprint density at radius 2 is 1.21 bits per heavy atom. The number of ketones is 2. The van der Waals surface area contributed by atoms with Crippen LogP contribution in [0.2, 0.25) is 0 Å². The first kappa shape index (κ1) is 60.7. The van der Waals surface area contributed by atoms with Crippen molar-refractivity contribution in [2.45, 2.75) is 151 Å². The molecular weight excluding hydrogens is 1120 g/mol. The summed E-state index contributed by atoms with van der Waals surface area (Å²) < 4.78 is 84.5. The molecule has 9 rings (SSSR count). The maximum atomic E-state index is 15.7. The second kappa shape index (κ2) is 27.6. The molecule has 0 saturated heterocycles. The van der Waals surface area contributed by atoms with Crippen LogP contribution in [0.4, 0.5) is 26.3 Å². The molecule has 2 nitrogen and oxygen atoms in total. The van der Waals surface area contributed by atoms with Gasteiger partial charge in [0.25, 0.3) is 0 Å². The van der Waals surface area contributed by atoms with Crippen LogP contribution in [0, 0.1) is 11.8 Å². The molecule has 0 aromatic heterocycles. The summed E-state index contributed by atoms with van der Waals surface area (Å²) in [5.41, 5.74) is 5.36. The van der Waals surface area contributed by atoms with Crippen molar-refractivity contribution < 1.29 is 35.9 Å². The van der Waals surface area contributed by atoms with Crippen LogP contribution < -0.4 is 0 Å². The van der Waals surface area contributed by atoms with Gasteiger partial charge in [0.2, 0.25) is 0 Å². The summed E-state index contributed by atoms with van der Waals surface area (Å²) in [7, 11) is 0. The molecule has 424 valence electrons. The van der Waals surface area contributed by atoms with Gasteiger partial charge in [-0.05, 0) is 168 Å². The van der Waals surface area contributed by atoms with E-state index in [1.165, 1.54) is 110 Å². The fourth-order valence-corrected chi connectivity index (χ4v) is 14.8. The van der Waals surface area contributed by atoms with Gasteiger partial charge in [-0.2, -0.15) is 26.3 Å². The third-order valence-electron chi connectivity index (χ3n) is 15.4. The number of rotatable bonds is 19. The van der Waals surface area contributed by atoms with E-state index < -0.39 is 35.0 Å². The van der Waals surface area contributed by atoms with Crippen LogP contribution in [-0.4, -0.2) is 11.6 Å². The third kappa shape index (κ3) is 15.2. The predicted molar refractivity (Wildman–Crippen MR) is 328 cm³/mol. The minimum atomic E-state index is -4.62. The summed E-state index contributed by atoms with van der Waals surface area (Å²) in [5.74, 6) is 0.969. The van der Waals surface area contributed by atoms with E-state index in [0.29, 0.717) is 21.6 Å². The summed E-state index contributed by atoms with van der Waals surface area (Å²) in [4.78, 5) is 34.1. The Morgan fingerprint density at radius 3 is 1.78 bits per heavy atom. The summed E-state index contributed by atoms with van der Waals surface area (Å²) in [6.07, 6.45) is 20.1. The van der Waals surface area contributed by atoms with Gasteiger partial charge in [0.05, 0.1) is 11.1 Å². The van der Waals surface area contributed by atoms with Crippen LogP contribution >= 0.6 is 47.0 Å². The summed E-state index contributed by atoms with van der Waals surface area (Å²) in [6, 6.07) is 33.2. The molecule has 3 aliphatic carbocycles. The van der Waals surface area contributed by atoms with Gasteiger partial charge >= 0.3 is 12.4 Å². The number of fused-ring (bicyclic) bond motifs is 2. The molecule has 0 amide bonds. The van der Waals surface area contributed by atoms with E-state index in [9.17, 15) is 26.3 Å². The Morgan fingerprint density at radius 1 is 0.646 bits per heavy atom. The summed E-state index contributed by atoms with van der Waals surface area (Å²) in [5, 5.41) is 1.83. The zero-order chi connectivity index (χ0) is 58.0. The quantitative estimate of drug-likeness (QED) is 0.0347. The molecule has 0 bridgehead atoms. The molecule has 0 N–H and O–H groups in total. The highest BCUT2D eigenvalue weighted by Crippen LogP contribution is 2.49. The standard InChI is InChI=1S/C70H66F6O2S4/c1-5-13-45(3)15-7-17-47-18-9-20-50(29-27-47)48(14-6-2)21-12-42-79-59-38-39-61(81-57-24-10-22-54(43-57)69(71,72)73)64-63(59)67(77)66-62(82-58-25-11-23-55(44-58)70(74,75)76)41-40-60(65(66)68(64)78)80-56-36-34-53(35-37-56)52-32-30-51(31-33-52)49-19-8-16-46(4)26-28-49/h6,9-12,14,18,21-25,27,29-46,49H,5,7-8,13,15-17,19-20,26,28H2,1-4H3/b14-6-,42-12+,48-21+. The zero-order valence-corrected chi connectivity index (χ0v) is 49.7. The average Bonchev–Trinajstić information content (AvgIpc) is 1.63. The lowest BCUT2D eigenvalue weighted by Crippen LogP contribution is -2.24. The van der Waals surface area contributed by atoms with Crippen LogP contribution in [0.3, 0.4) is 0 Å². The van der Waals surface area contributed by atoms with Crippen LogP contribution in [0.5, 0.6) is 0 Å². The maximum absolute atomic E-state index is 15.7. The SMILES string of the molecule is C\C=C/C(=C\C=C\Sc1ccc(Sc2cccc(C(F)(F)F)c2)c2c1C(=O)c1c(Sc3cccc(C(F)(F)F)c3)ccc(Sc3ccc(-c4ccc(C5CCCC(C)CC5)cc4)cc3)c1C2=O)C1=CC=C(CCCC(C)CCC)C=CC1. The van der Waals surface area contributed by atoms with Gasteiger partial charge in [0.15, 0.2) is 11.6 Å². The fraction of sp³-hybridized carbons (Fsp3) is 0.286. The van der Waals surface area contributed by atoms with Crippen LogP contribution in [0.25, 0.3) is 11.1 Å². The highest BCUT2D eigenvalue weighted by molar-refractivity contribution is 8.02. The molecule has 0 radical (unpaired) electrons.